The number of aryl methyl sites for hydroxylation is 1. The molecule has 1 aromatic carbocycles. The first-order valence-electron chi connectivity index (χ1n) is 9.41. The molecule has 2 aromatic heterocycles. The molecule has 1 atom stereocenters. The van der Waals surface area contributed by atoms with Crippen LogP contribution in [0.3, 0.4) is 0 Å². The molecule has 3 aromatic rings. The first kappa shape index (κ1) is 17.4. The molecule has 1 amide bonds. The molecule has 0 aliphatic carbocycles. The quantitative estimate of drug-likeness (QED) is 0.757. The molecule has 6 nitrogen and oxygen atoms in total. The van der Waals surface area contributed by atoms with Crippen LogP contribution < -0.4 is 5.32 Å². The number of aromatic nitrogens is 4. The number of benzene rings is 1. The molecule has 1 unspecified atom stereocenters. The fourth-order valence-electron chi connectivity index (χ4n) is 3.57. The highest BCUT2D eigenvalue weighted by molar-refractivity contribution is 5.78. The largest absolute Gasteiger partial charge is 0.353 e. The molecule has 138 valence electrons. The third kappa shape index (κ3) is 4.39. The molecule has 0 saturated heterocycles. The second-order valence-electron chi connectivity index (χ2n) is 6.98. The fourth-order valence-corrected chi connectivity index (χ4v) is 3.57. The van der Waals surface area contributed by atoms with Crippen LogP contribution in [-0.2, 0) is 30.6 Å². The van der Waals surface area contributed by atoms with Crippen LogP contribution in [0.4, 0.5) is 0 Å². The van der Waals surface area contributed by atoms with Gasteiger partial charge in [0.1, 0.15) is 11.6 Å². The molecule has 0 bridgehead atoms. The molecule has 4 rings (SSSR count). The highest BCUT2D eigenvalue weighted by atomic mass is 16.1. The minimum atomic E-state index is 0.0511. The molecule has 3 heterocycles. The predicted molar refractivity (Wildman–Crippen MR) is 102 cm³/mol. The number of carbonyl (C=O) groups excluding carboxylic acids is 1. The lowest BCUT2D eigenvalue weighted by Crippen LogP contribution is -2.36. The summed E-state index contributed by atoms with van der Waals surface area (Å²) in [5.74, 6) is 2.07. The predicted octanol–water partition coefficient (Wildman–Crippen LogP) is 2.33. The van der Waals surface area contributed by atoms with Crippen LogP contribution in [0, 0.1) is 0 Å². The number of hydrogen-bond acceptors (Lipinski definition) is 4. The zero-order valence-corrected chi connectivity index (χ0v) is 15.2. The summed E-state index contributed by atoms with van der Waals surface area (Å²) in [5, 5.41) is 12.0. The van der Waals surface area contributed by atoms with Crippen LogP contribution in [0.1, 0.15) is 35.6 Å². The number of pyridine rings is 1. The SMILES string of the molecule is O=C(Cc1cccnc1)NC1CCc2nnc(Cc3ccccc3)n2CC1. The Morgan fingerprint density at radius 1 is 1.07 bits per heavy atom. The van der Waals surface area contributed by atoms with Gasteiger partial charge in [-0.1, -0.05) is 36.4 Å². The Morgan fingerprint density at radius 3 is 2.74 bits per heavy atom. The van der Waals surface area contributed by atoms with Gasteiger partial charge in [-0.15, -0.1) is 10.2 Å². The van der Waals surface area contributed by atoms with Crippen LogP contribution >= 0.6 is 0 Å². The van der Waals surface area contributed by atoms with Crippen molar-refractivity contribution in [2.24, 2.45) is 0 Å². The number of nitrogens with zero attached hydrogens (tertiary/aromatic N) is 4. The topological polar surface area (TPSA) is 72.7 Å². The van der Waals surface area contributed by atoms with E-state index in [1.807, 2.05) is 30.3 Å². The van der Waals surface area contributed by atoms with Gasteiger partial charge in [-0.2, -0.15) is 0 Å². The van der Waals surface area contributed by atoms with Gasteiger partial charge in [-0.25, -0.2) is 0 Å². The molecule has 0 spiro atoms. The van der Waals surface area contributed by atoms with Gasteiger partial charge in [0.05, 0.1) is 6.42 Å². The van der Waals surface area contributed by atoms with Gasteiger partial charge in [0.15, 0.2) is 0 Å². The van der Waals surface area contributed by atoms with E-state index in [0.29, 0.717) is 6.42 Å². The van der Waals surface area contributed by atoms with Gasteiger partial charge in [0, 0.05) is 37.8 Å². The van der Waals surface area contributed by atoms with E-state index in [4.69, 9.17) is 0 Å². The number of carbonyl (C=O) groups is 1. The Balaban J connectivity index is 1.36. The Kier molecular flexibility index (Phi) is 5.23. The zero-order chi connectivity index (χ0) is 18.5. The smallest absolute Gasteiger partial charge is 0.224 e. The van der Waals surface area contributed by atoms with Crippen LogP contribution in [-0.4, -0.2) is 31.7 Å². The second kappa shape index (κ2) is 8.12. The average molecular weight is 361 g/mol. The zero-order valence-electron chi connectivity index (χ0n) is 15.2. The fraction of sp³-hybridized carbons (Fsp3) is 0.333. The van der Waals surface area contributed by atoms with E-state index in [0.717, 1.165) is 49.4 Å². The molecule has 1 N–H and O–H groups in total. The van der Waals surface area contributed by atoms with E-state index in [-0.39, 0.29) is 11.9 Å². The average Bonchev–Trinajstić information content (AvgIpc) is 2.95. The summed E-state index contributed by atoms with van der Waals surface area (Å²) in [7, 11) is 0. The maximum absolute atomic E-state index is 12.3. The third-order valence-electron chi connectivity index (χ3n) is 4.98. The number of nitrogens with one attached hydrogen (secondary N) is 1. The molecule has 6 heteroatoms. The van der Waals surface area contributed by atoms with Crippen molar-refractivity contribution in [3.63, 3.8) is 0 Å². The Morgan fingerprint density at radius 2 is 1.93 bits per heavy atom. The van der Waals surface area contributed by atoms with E-state index in [1.54, 1.807) is 12.4 Å². The standard InChI is InChI=1S/C21H23N5O/c27-21(14-17-7-4-11-22-15-17)23-18-8-9-19-24-25-20(26(19)12-10-18)13-16-5-2-1-3-6-16/h1-7,11,15,18H,8-10,12-14H2,(H,23,27). The third-order valence-corrected chi connectivity index (χ3v) is 4.98. The van der Waals surface area contributed by atoms with Gasteiger partial charge < -0.3 is 9.88 Å². The van der Waals surface area contributed by atoms with E-state index < -0.39 is 0 Å². The first-order chi connectivity index (χ1) is 13.3. The summed E-state index contributed by atoms with van der Waals surface area (Å²) in [5.41, 5.74) is 2.17. The van der Waals surface area contributed by atoms with Crippen molar-refractivity contribution >= 4 is 5.91 Å². The Bertz CT molecular complexity index is 891. The minimum absolute atomic E-state index is 0.0511. The van der Waals surface area contributed by atoms with Gasteiger partial charge in [-0.05, 0) is 30.0 Å². The Hall–Kier alpha value is -3.02. The molecule has 0 fully saturated rings. The maximum atomic E-state index is 12.3. The lowest BCUT2D eigenvalue weighted by atomic mass is 10.1. The highest BCUT2D eigenvalue weighted by Crippen LogP contribution is 2.17. The van der Waals surface area contributed by atoms with E-state index in [2.05, 4.69) is 37.2 Å². The summed E-state index contributed by atoms with van der Waals surface area (Å²) < 4.78 is 2.22. The summed E-state index contributed by atoms with van der Waals surface area (Å²) in [4.78, 5) is 16.4. The highest BCUT2D eigenvalue weighted by Gasteiger charge is 2.21. The van der Waals surface area contributed by atoms with Gasteiger partial charge in [0.25, 0.3) is 0 Å². The minimum Gasteiger partial charge on any atom is -0.353 e. The van der Waals surface area contributed by atoms with E-state index in [1.165, 1.54) is 5.56 Å². The van der Waals surface area contributed by atoms with E-state index >= 15 is 0 Å². The maximum Gasteiger partial charge on any atom is 0.224 e. The summed E-state index contributed by atoms with van der Waals surface area (Å²) >= 11 is 0. The van der Waals surface area contributed by atoms with Crippen LogP contribution in [0.25, 0.3) is 0 Å². The second-order valence-corrected chi connectivity index (χ2v) is 6.98. The molecular weight excluding hydrogens is 338 g/mol. The van der Waals surface area contributed by atoms with Gasteiger partial charge >= 0.3 is 0 Å². The Labute approximate surface area is 158 Å². The molecule has 0 radical (unpaired) electrons. The van der Waals surface area contributed by atoms with Crippen LogP contribution in [0.2, 0.25) is 0 Å². The van der Waals surface area contributed by atoms with Crippen LogP contribution in [0.5, 0.6) is 0 Å². The van der Waals surface area contributed by atoms with E-state index in [9.17, 15) is 4.79 Å². The monoisotopic (exact) mass is 361 g/mol. The lowest BCUT2D eigenvalue weighted by Gasteiger charge is -2.16. The van der Waals surface area contributed by atoms with Gasteiger partial charge in [-0.3, -0.25) is 9.78 Å². The number of rotatable bonds is 5. The number of fused-ring (bicyclic) bond motifs is 1. The van der Waals surface area contributed by atoms with Crippen molar-refractivity contribution in [2.75, 3.05) is 0 Å². The van der Waals surface area contributed by atoms with Crippen molar-refractivity contribution in [3.05, 3.63) is 77.6 Å². The summed E-state index contributed by atoms with van der Waals surface area (Å²) in [6, 6.07) is 14.3. The summed E-state index contributed by atoms with van der Waals surface area (Å²) in [6.07, 6.45) is 7.23. The van der Waals surface area contributed by atoms with Crippen LogP contribution in [0.15, 0.2) is 54.9 Å². The molecule has 1 aliphatic heterocycles. The van der Waals surface area contributed by atoms with Crippen molar-refractivity contribution < 1.29 is 4.79 Å². The summed E-state index contributed by atoms with van der Waals surface area (Å²) in [6.45, 7) is 0.836. The van der Waals surface area contributed by atoms with Crippen molar-refractivity contribution in [3.8, 4) is 0 Å². The molecular formula is C21H23N5O. The normalized spacial score (nSPS) is 16.4. The first-order valence-corrected chi connectivity index (χ1v) is 9.41. The van der Waals surface area contributed by atoms with Gasteiger partial charge in [0.2, 0.25) is 5.91 Å². The molecule has 0 saturated carbocycles. The number of hydrogen-bond donors (Lipinski definition) is 1. The molecule has 1 aliphatic rings. The lowest BCUT2D eigenvalue weighted by molar-refractivity contribution is -0.121. The van der Waals surface area contributed by atoms with Crippen molar-refractivity contribution in [1.82, 2.24) is 25.1 Å². The molecule has 27 heavy (non-hydrogen) atoms. The number of amides is 1. The van der Waals surface area contributed by atoms with Crippen molar-refractivity contribution in [1.29, 1.82) is 0 Å². The van der Waals surface area contributed by atoms with Crippen molar-refractivity contribution in [2.45, 2.75) is 44.7 Å².